The fourth-order valence-corrected chi connectivity index (χ4v) is 3.63. The maximum atomic E-state index is 12.8. The number of hydrogen-bond donors (Lipinski definition) is 1. The molecule has 1 N–H and O–H groups in total. The van der Waals surface area contributed by atoms with E-state index in [1.54, 1.807) is 0 Å². The van der Waals surface area contributed by atoms with Gasteiger partial charge in [-0.3, -0.25) is 0 Å². The molecular formula is C16H29N3O. The Morgan fingerprint density at radius 3 is 2.70 bits per heavy atom. The van der Waals surface area contributed by atoms with Crippen LogP contribution in [0.25, 0.3) is 0 Å². The summed E-state index contributed by atoms with van der Waals surface area (Å²) in [5.41, 5.74) is 0. The average molecular weight is 279 g/mol. The Bertz CT molecular complexity index is 337. The zero-order valence-corrected chi connectivity index (χ0v) is 12.8. The van der Waals surface area contributed by atoms with Crippen LogP contribution >= 0.6 is 0 Å². The largest absolute Gasteiger partial charge is 0.324 e. The molecule has 3 aliphatic rings. The molecule has 1 aliphatic carbocycles. The zero-order valence-electron chi connectivity index (χ0n) is 12.8. The van der Waals surface area contributed by atoms with Gasteiger partial charge in [-0.15, -0.1) is 0 Å². The van der Waals surface area contributed by atoms with Crippen LogP contribution in [-0.2, 0) is 0 Å². The Kier molecular flexibility index (Phi) is 4.49. The summed E-state index contributed by atoms with van der Waals surface area (Å²) in [5, 5.41) is 3.59. The summed E-state index contributed by atoms with van der Waals surface area (Å²) >= 11 is 0. The van der Waals surface area contributed by atoms with E-state index in [1.165, 1.54) is 44.9 Å². The average Bonchev–Trinajstić information content (AvgIpc) is 3.30. The number of nitrogens with one attached hydrogen (secondary N) is 1. The first kappa shape index (κ1) is 14.2. The maximum Gasteiger partial charge on any atom is 0.320 e. The predicted octanol–water partition coefficient (Wildman–Crippen LogP) is 2.44. The van der Waals surface area contributed by atoms with Crippen molar-refractivity contribution in [1.29, 1.82) is 0 Å². The lowest BCUT2D eigenvalue weighted by Gasteiger charge is -2.37. The summed E-state index contributed by atoms with van der Waals surface area (Å²) in [6, 6.07) is 1.37. The Labute approximate surface area is 122 Å². The number of urea groups is 1. The molecule has 0 aromatic rings. The molecule has 2 atom stereocenters. The Morgan fingerprint density at radius 1 is 1.20 bits per heavy atom. The van der Waals surface area contributed by atoms with Gasteiger partial charge in [0.15, 0.2) is 0 Å². The van der Waals surface area contributed by atoms with Gasteiger partial charge in [0.2, 0.25) is 0 Å². The Balaban J connectivity index is 1.59. The summed E-state index contributed by atoms with van der Waals surface area (Å²) in [6.45, 7) is 6.24. The molecule has 2 heterocycles. The van der Waals surface area contributed by atoms with Crippen LogP contribution in [0.2, 0.25) is 0 Å². The lowest BCUT2D eigenvalue weighted by atomic mass is 10.0. The normalized spacial score (nSPS) is 31.1. The second kappa shape index (κ2) is 6.33. The summed E-state index contributed by atoms with van der Waals surface area (Å²) in [5.74, 6) is 0.668. The van der Waals surface area contributed by atoms with Crippen molar-refractivity contribution in [2.45, 2.75) is 64.0 Å². The number of rotatable bonds is 3. The zero-order chi connectivity index (χ0) is 13.9. The van der Waals surface area contributed by atoms with Crippen molar-refractivity contribution in [3.63, 3.8) is 0 Å². The minimum Gasteiger partial charge on any atom is -0.324 e. The van der Waals surface area contributed by atoms with E-state index in [1.807, 2.05) is 0 Å². The van der Waals surface area contributed by atoms with E-state index in [9.17, 15) is 4.79 Å². The van der Waals surface area contributed by atoms with Crippen LogP contribution in [0.3, 0.4) is 0 Å². The van der Waals surface area contributed by atoms with E-state index in [-0.39, 0.29) is 0 Å². The fourth-order valence-electron chi connectivity index (χ4n) is 3.63. The summed E-state index contributed by atoms with van der Waals surface area (Å²) in [6.07, 6.45) is 8.70. The number of likely N-dealkylation sites (tertiary alicyclic amines) is 1. The third kappa shape index (κ3) is 3.46. The summed E-state index contributed by atoms with van der Waals surface area (Å²) < 4.78 is 0. The van der Waals surface area contributed by atoms with Crippen molar-refractivity contribution in [3.8, 4) is 0 Å². The number of amides is 2. The van der Waals surface area contributed by atoms with Gasteiger partial charge in [0.1, 0.15) is 0 Å². The van der Waals surface area contributed by atoms with Gasteiger partial charge in [-0.1, -0.05) is 13.3 Å². The maximum absolute atomic E-state index is 12.8. The minimum absolute atomic E-state index is 0.312. The molecular weight excluding hydrogens is 250 g/mol. The second-order valence-electron chi connectivity index (χ2n) is 7.01. The highest BCUT2D eigenvalue weighted by molar-refractivity contribution is 5.75. The Hall–Kier alpha value is -0.770. The molecule has 0 aromatic carbocycles. The van der Waals surface area contributed by atoms with Crippen molar-refractivity contribution in [1.82, 2.24) is 15.1 Å². The molecule has 2 unspecified atom stereocenters. The molecule has 0 radical (unpaired) electrons. The van der Waals surface area contributed by atoms with Crippen LogP contribution in [-0.4, -0.2) is 54.1 Å². The van der Waals surface area contributed by atoms with E-state index >= 15 is 0 Å². The monoisotopic (exact) mass is 279 g/mol. The van der Waals surface area contributed by atoms with Crippen molar-refractivity contribution in [2.75, 3.05) is 26.2 Å². The third-order valence-corrected chi connectivity index (χ3v) is 4.99. The molecule has 2 aliphatic heterocycles. The van der Waals surface area contributed by atoms with Crippen LogP contribution in [0.4, 0.5) is 4.79 Å². The number of piperidine rings is 2. The first-order chi connectivity index (χ1) is 9.74. The van der Waals surface area contributed by atoms with E-state index in [2.05, 4.69) is 22.0 Å². The fraction of sp³-hybridized carbons (Fsp3) is 0.938. The number of nitrogens with zero attached hydrogens (tertiary/aromatic N) is 2. The van der Waals surface area contributed by atoms with Crippen LogP contribution in [0, 0.1) is 5.92 Å². The summed E-state index contributed by atoms with van der Waals surface area (Å²) in [4.78, 5) is 17.1. The number of hydrogen-bond acceptors (Lipinski definition) is 2. The van der Waals surface area contributed by atoms with Gasteiger partial charge in [0.25, 0.3) is 0 Å². The second-order valence-corrected chi connectivity index (χ2v) is 7.01. The van der Waals surface area contributed by atoms with Gasteiger partial charge in [0.05, 0.1) is 0 Å². The SMILES string of the molecule is CC1CCCN(C(=O)N(CC2CCCCN2)C2CC2)C1. The van der Waals surface area contributed by atoms with Gasteiger partial charge in [0, 0.05) is 31.7 Å². The first-order valence-corrected chi connectivity index (χ1v) is 8.53. The molecule has 114 valence electrons. The molecule has 4 nitrogen and oxygen atoms in total. The molecule has 0 bridgehead atoms. The standard InChI is InChI=1S/C16H29N3O/c1-13-5-4-10-18(11-13)16(20)19(15-7-8-15)12-14-6-2-3-9-17-14/h13-15,17H,2-12H2,1H3. The van der Waals surface area contributed by atoms with Gasteiger partial charge in [-0.2, -0.15) is 0 Å². The van der Waals surface area contributed by atoms with Crippen molar-refractivity contribution < 1.29 is 4.79 Å². The number of carbonyl (C=O) groups is 1. The third-order valence-electron chi connectivity index (χ3n) is 4.99. The molecule has 1 saturated carbocycles. The molecule has 20 heavy (non-hydrogen) atoms. The first-order valence-electron chi connectivity index (χ1n) is 8.53. The lowest BCUT2D eigenvalue weighted by Crippen LogP contribution is -2.52. The lowest BCUT2D eigenvalue weighted by molar-refractivity contribution is 0.122. The molecule has 2 amide bonds. The highest BCUT2D eigenvalue weighted by atomic mass is 16.2. The highest BCUT2D eigenvalue weighted by Gasteiger charge is 2.37. The van der Waals surface area contributed by atoms with Crippen LogP contribution in [0.5, 0.6) is 0 Å². The van der Waals surface area contributed by atoms with Crippen molar-refractivity contribution in [2.24, 2.45) is 5.92 Å². The molecule has 3 fully saturated rings. The quantitative estimate of drug-likeness (QED) is 0.861. The van der Waals surface area contributed by atoms with Crippen molar-refractivity contribution in [3.05, 3.63) is 0 Å². The van der Waals surface area contributed by atoms with Crippen LogP contribution in [0.15, 0.2) is 0 Å². The van der Waals surface area contributed by atoms with E-state index < -0.39 is 0 Å². The predicted molar refractivity (Wildman–Crippen MR) is 80.7 cm³/mol. The van der Waals surface area contributed by atoms with E-state index in [0.29, 0.717) is 24.0 Å². The molecule has 0 aromatic heterocycles. The molecule has 2 saturated heterocycles. The van der Waals surface area contributed by atoms with Gasteiger partial charge in [-0.25, -0.2) is 4.79 Å². The van der Waals surface area contributed by atoms with Gasteiger partial charge >= 0.3 is 6.03 Å². The van der Waals surface area contributed by atoms with E-state index in [4.69, 9.17) is 0 Å². The van der Waals surface area contributed by atoms with E-state index in [0.717, 1.165) is 26.2 Å². The topological polar surface area (TPSA) is 35.6 Å². The van der Waals surface area contributed by atoms with Gasteiger partial charge < -0.3 is 15.1 Å². The molecule has 4 heteroatoms. The Morgan fingerprint density at radius 2 is 2.05 bits per heavy atom. The van der Waals surface area contributed by atoms with Crippen LogP contribution in [0.1, 0.15) is 51.9 Å². The van der Waals surface area contributed by atoms with Crippen LogP contribution < -0.4 is 5.32 Å². The highest BCUT2D eigenvalue weighted by Crippen LogP contribution is 2.29. The minimum atomic E-state index is 0.312. The number of carbonyl (C=O) groups excluding carboxylic acids is 1. The molecule has 0 spiro atoms. The van der Waals surface area contributed by atoms with Crippen molar-refractivity contribution >= 4 is 6.03 Å². The molecule has 3 rings (SSSR count). The smallest absolute Gasteiger partial charge is 0.320 e. The van der Waals surface area contributed by atoms with Gasteiger partial charge in [-0.05, 0) is 51.0 Å². The summed E-state index contributed by atoms with van der Waals surface area (Å²) in [7, 11) is 0.